The summed E-state index contributed by atoms with van der Waals surface area (Å²) in [6.45, 7) is 6.16. The van der Waals surface area contributed by atoms with Crippen molar-refractivity contribution in [3.8, 4) is 5.75 Å². The molecule has 0 spiro atoms. The van der Waals surface area contributed by atoms with E-state index < -0.39 is 0 Å². The van der Waals surface area contributed by atoms with Gasteiger partial charge in [-0.1, -0.05) is 18.2 Å². The Hall–Kier alpha value is -1.91. The molecule has 0 N–H and O–H groups in total. The molecular weight excluding hydrogens is 290 g/mol. The maximum Gasteiger partial charge on any atom is 0.176 e. The molecular formula is C19H23NO3. The Morgan fingerprint density at radius 3 is 2.48 bits per heavy atom. The van der Waals surface area contributed by atoms with Crippen LogP contribution in [0.4, 0.5) is 0 Å². The van der Waals surface area contributed by atoms with Crippen molar-refractivity contribution in [2.75, 3.05) is 26.7 Å². The van der Waals surface area contributed by atoms with E-state index in [1.165, 1.54) is 0 Å². The maximum absolute atomic E-state index is 12.6. The average molecular weight is 313 g/mol. The summed E-state index contributed by atoms with van der Waals surface area (Å²) in [4.78, 5) is 14.8. The van der Waals surface area contributed by atoms with E-state index in [1.54, 1.807) is 7.11 Å². The van der Waals surface area contributed by atoms with Gasteiger partial charge in [-0.3, -0.25) is 9.69 Å². The summed E-state index contributed by atoms with van der Waals surface area (Å²) in [5.74, 6) is 0.983. The number of ketones is 1. The van der Waals surface area contributed by atoms with Crippen LogP contribution in [0.15, 0.2) is 36.4 Å². The van der Waals surface area contributed by atoms with Crippen LogP contribution in [0.1, 0.15) is 24.2 Å². The molecule has 1 aliphatic rings. The molecule has 122 valence electrons. The molecule has 4 nitrogen and oxygen atoms in total. The van der Waals surface area contributed by atoms with Crippen LogP contribution in [-0.2, 0) is 4.74 Å². The molecule has 2 aromatic carbocycles. The Balaban J connectivity index is 1.75. The van der Waals surface area contributed by atoms with Crippen molar-refractivity contribution < 1.29 is 14.3 Å². The number of carbonyl (C=O) groups excluding carboxylic acids is 1. The lowest BCUT2D eigenvalue weighted by Crippen LogP contribution is -2.47. The predicted molar refractivity (Wildman–Crippen MR) is 91.3 cm³/mol. The summed E-state index contributed by atoms with van der Waals surface area (Å²) in [5, 5.41) is 2.13. The molecule has 0 bridgehead atoms. The van der Waals surface area contributed by atoms with Crippen LogP contribution >= 0.6 is 0 Å². The Labute approximate surface area is 137 Å². The van der Waals surface area contributed by atoms with Gasteiger partial charge in [0, 0.05) is 18.7 Å². The molecule has 23 heavy (non-hydrogen) atoms. The number of rotatable bonds is 4. The smallest absolute Gasteiger partial charge is 0.176 e. The highest BCUT2D eigenvalue weighted by Gasteiger charge is 2.24. The van der Waals surface area contributed by atoms with E-state index in [1.807, 2.05) is 36.4 Å². The second kappa shape index (κ2) is 6.69. The topological polar surface area (TPSA) is 38.8 Å². The van der Waals surface area contributed by atoms with Gasteiger partial charge in [0.1, 0.15) is 5.75 Å². The lowest BCUT2D eigenvalue weighted by molar-refractivity contribution is -0.0652. The summed E-state index contributed by atoms with van der Waals surface area (Å²) in [6.07, 6.45) is 0.353. The van der Waals surface area contributed by atoms with Crippen molar-refractivity contribution in [1.29, 1.82) is 0 Å². The van der Waals surface area contributed by atoms with E-state index in [0.717, 1.165) is 35.2 Å². The van der Waals surface area contributed by atoms with Gasteiger partial charge >= 0.3 is 0 Å². The molecule has 2 atom stereocenters. The normalized spacial score (nSPS) is 22.2. The zero-order valence-corrected chi connectivity index (χ0v) is 13.9. The predicted octanol–water partition coefficient (Wildman–Crippen LogP) is 3.14. The van der Waals surface area contributed by atoms with E-state index in [2.05, 4.69) is 18.7 Å². The van der Waals surface area contributed by atoms with Crippen molar-refractivity contribution in [3.63, 3.8) is 0 Å². The van der Waals surface area contributed by atoms with Crippen LogP contribution < -0.4 is 4.74 Å². The molecule has 1 fully saturated rings. The van der Waals surface area contributed by atoms with Crippen LogP contribution in [0.25, 0.3) is 10.8 Å². The second-order valence-electron chi connectivity index (χ2n) is 6.30. The summed E-state index contributed by atoms with van der Waals surface area (Å²) in [6, 6.07) is 11.7. The fourth-order valence-electron chi connectivity index (χ4n) is 3.23. The lowest BCUT2D eigenvalue weighted by atomic mass is 10.0. The molecule has 0 aromatic heterocycles. The Kier molecular flexibility index (Phi) is 4.64. The Bertz CT molecular complexity index is 703. The van der Waals surface area contributed by atoms with Crippen LogP contribution in [0.2, 0.25) is 0 Å². The van der Waals surface area contributed by atoms with E-state index in [4.69, 9.17) is 9.47 Å². The third-order valence-corrected chi connectivity index (χ3v) is 4.23. The molecule has 2 aromatic rings. The molecule has 4 heteroatoms. The van der Waals surface area contributed by atoms with Crippen molar-refractivity contribution in [2.24, 2.45) is 0 Å². The summed E-state index contributed by atoms with van der Waals surface area (Å²) < 4.78 is 11.0. The molecule has 0 unspecified atom stereocenters. The van der Waals surface area contributed by atoms with Gasteiger partial charge in [-0.2, -0.15) is 0 Å². The van der Waals surface area contributed by atoms with Crippen LogP contribution in [0, 0.1) is 0 Å². The van der Waals surface area contributed by atoms with Gasteiger partial charge in [-0.15, -0.1) is 0 Å². The minimum Gasteiger partial charge on any atom is -0.497 e. The molecule has 0 saturated carbocycles. The fourth-order valence-corrected chi connectivity index (χ4v) is 3.23. The summed E-state index contributed by atoms with van der Waals surface area (Å²) >= 11 is 0. The highest BCUT2D eigenvalue weighted by Crippen LogP contribution is 2.22. The van der Waals surface area contributed by atoms with Gasteiger partial charge in [-0.25, -0.2) is 0 Å². The van der Waals surface area contributed by atoms with Crippen LogP contribution in [-0.4, -0.2) is 49.6 Å². The number of hydrogen-bond donors (Lipinski definition) is 0. The Morgan fingerprint density at radius 2 is 1.78 bits per heavy atom. The van der Waals surface area contributed by atoms with E-state index in [9.17, 15) is 4.79 Å². The number of carbonyl (C=O) groups is 1. The molecule has 0 aliphatic carbocycles. The zero-order valence-electron chi connectivity index (χ0n) is 13.9. The van der Waals surface area contributed by atoms with Crippen molar-refractivity contribution in [1.82, 2.24) is 4.90 Å². The molecule has 3 rings (SSSR count). The highest BCUT2D eigenvalue weighted by atomic mass is 16.5. The molecule has 1 saturated heterocycles. The fraction of sp³-hybridized carbons (Fsp3) is 0.421. The largest absolute Gasteiger partial charge is 0.497 e. The molecule has 0 amide bonds. The third-order valence-electron chi connectivity index (χ3n) is 4.23. The van der Waals surface area contributed by atoms with E-state index in [0.29, 0.717) is 6.54 Å². The number of ether oxygens (including phenoxy) is 2. The first-order chi connectivity index (χ1) is 11.0. The standard InChI is InChI=1S/C19H23NO3/c1-13-10-20(11-14(2)23-13)12-19(21)17-5-4-16-9-18(22-3)7-6-15(16)8-17/h4-9,13-14H,10-12H2,1-3H3/t13-,14+. The van der Waals surface area contributed by atoms with Crippen molar-refractivity contribution in [3.05, 3.63) is 42.0 Å². The van der Waals surface area contributed by atoms with Crippen LogP contribution in [0.5, 0.6) is 5.75 Å². The van der Waals surface area contributed by atoms with E-state index >= 15 is 0 Å². The SMILES string of the molecule is COc1ccc2cc(C(=O)CN3C[C@@H](C)O[C@@H](C)C3)ccc2c1. The molecule has 0 radical (unpaired) electrons. The first kappa shape index (κ1) is 16.0. The molecule has 1 heterocycles. The highest BCUT2D eigenvalue weighted by molar-refractivity contribution is 6.01. The first-order valence-corrected chi connectivity index (χ1v) is 8.04. The van der Waals surface area contributed by atoms with Crippen molar-refractivity contribution >= 4 is 16.6 Å². The average Bonchev–Trinajstić information content (AvgIpc) is 2.52. The second-order valence-corrected chi connectivity index (χ2v) is 6.30. The molecule has 1 aliphatic heterocycles. The number of nitrogens with zero attached hydrogens (tertiary/aromatic N) is 1. The van der Waals surface area contributed by atoms with Gasteiger partial charge < -0.3 is 9.47 Å². The Morgan fingerprint density at radius 1 is 1.13 bits per heavy atom. The van der Waals surface area contributed by atoms with Gasteiger partial charge in [-0.05, 0) is 42.8 Å². The minimum absolute atomic E-state index is 0.156. The number of morpholine rings is 1. The number of benzene rings is 2. The number of hydrogen-bond acceptors (Lipinski definition) is 4. The third kappa shape index (κ3) is 3.71. The monoisotopic (exact) mass is 313 g/mol. The van der Waals surface area contributed by atoms with Gasteiger partial charge in [0.15, 0.2) is 5.78 Å². The number of methoxy groups -OCH3 is 1. The van der Waals surface area contributed by atoms with E-state index in [-0.39, 0.29) is 18.0 Å². The lowest BCUT2D eigenvalue weighted by Gasteiger charge is -2.34. The van der Waals surface area contributed by atoms with Crippen molar-refractivity contribution in [2.45, 2.75) is 26.1 Å². The van der Waals surface area contributed by atoms with Gasteiger partial charge in [0.2, 0.25) is 0 Å². The maximum atomic E-state index is 12.6. The van der Waals surface area contributed by atoms with Gasteiger partial charge in [0.05, 0.1) is 25.9 Å². The van der Waals surface area contributed by atoms with Gasteiger partial charge in [0.25, 0.3) is 0 Å². The number of Topliss-reactive ketones (excluding diaryl/α,β-unsaturated/α-hetero) is 1. The minimum atomic E-state index is 0.156. The number of fused-ring (bicyclic) bond motifs is 1. The zero-order chi connectivity index (χ0) is 16.4. The summed E-state index contributed by atoms with van der Waals surface area (Å²) in [5.41, 5.74) is 0.759. The van der Waals surface area contributed by atoms with Crippen LogP contribution in [0.3, 0.4) is 0 Å². The first-order valence-electron chi connectivity index (χ1n) is 8.04. The summed E-state index contributed by atoms with van der Waals surface area (Å²) in [7, 11) is 1.66. The quantitative estimate of drug-likeness (QED) is 0.813.